The van der Waals surface area contributed by atoms with Gasteiger partial charge in [0.15, 0.2) is 0 Å². The van der Waals surface area contributed by atoms with Crippen LogP contribution < -0.4 is 10.6 Å². The van der Waals surface area contributed by atoms with Gasteiger partial charge in [-0.15, -0.1) is 0 Å². The molecule has 0 saturated carbocycles. The molecule has 8 heteroatoms. The van der Waals surface area contributed by atoms with Gasteiger partial charge in [-0.1, -0.05) is 23.8 Å². The van der Waals surface area contributed by atoms with Crippen molar-refractivity contribution in [3.63, 3.8) is 0 Å². The van der Waals surface area contributed by atoms with Gasteiger partial charge in [-0.2, -0.15) is 0 Å². The minimum atomic E-state index is -0.202. The van der Waals surface area contributed by atoms with Crippen LogP contribution in [0.1, 0.15) is 52.9 Å². The summed E-state index contributed by atoms with van der Waals surface area (Å²) in [5.74, 6) is -0.202. The van der Waals surface area contributed by atoms with Crippen molar-refractivity contribution in [3.8, 4) is 0 Å². The fourth-order valence-corrected chi connectivity index (χ4v) is 5.10. The Kier molecular flexibility index (Phi) is 13.0. The van der Waals surface area contributed by atoms with Crippen molar-refractivity contribution in [1.82, 2.24) is 20.4 Å². The van der Waals surface area contributed by atoms with Crippen LogP contribution in [0.5, 0.6) is 0 Å². The first-order valence-corrected chi connectivity index (χ1v) is 13.3. The van der Waals surface area contributed by atoms with Crippen LogP contribution in [0.3, 0.4) is 0 Å². The van der Waals surface area contributed by atoms with E-state index in [0.29, 0.717) is 17.6 Å². The molecule has 2 amide bonds. The fraction of sp³-hybridized carbons (Fsp3) is 0.571. The molecule has 0 aromatic carbocycles. The second-order valence-electron chi connectivity index (χ2n) is 9.48. The van der Waals surface area contributed by atoms with E-state index in [1.807, 2.05) is 26.0 Å². The van der Waals surface area contributed by atoms with E-state index >= 15 is 0 Å². The smallest absolute Gasteiger partial charge is 0.244 e. The summed E-state index contributed by atoms with van der Waals surface area (Å²) in [6.45, 7) is 9.35. The quantitative estimate of drug-likeness (QED) is 0.209. The molecule has 1 fully saturated rings. The van der Waals surface area contributed by atoms with E-state index in [2.05, 4.69) is 40.5 Å². The number of hydrogen-bond acceptors (Lipinski definition) is 5. The Hall–Kier alpha value is -2.35. The topological polar surface area (TPSA) is 84.9 Å². The molecule has 1 saturated heterocycles. The van der Waals surface area contributed by atoms with Crippen molar-refractivity contribution in [2.75, 3.05) is 39.8 Å². The highest BCUT2D eigenvalue weighted by atomic mass is 35.5. The summed E-state index contributed by atoms with van der Waals surface area (Å²) >= 11 is 6.46. The fourth-order valence-electron chi connectivity index (χ4n) is 4.92. The number of aliphatic hydroxyl groups is 1. The maximum absolute atomic E-state index is 12.5. The normalized spacial score (nSPS) is 19.7. The third-order valence-electron chi connectivity index (χ3n) is 7.20. The molecular weight excluding hydrogens is 476 g/mol. The molecule has 1 aliphatic heterocycles. The highest BCUT2D eigenvalue weighted by Crippen LogP contribution is 2.26. The Morgan fingerprint density at radius 2 is 2.06 bits per heavy atom. The van der Waals surface area contributed by atoms with Gasteiger partial charge >= 0.3 is 0 Å². The number of rotatable bonds is 12. The van der Waals surface area contributed by atoms with Crippen LogP contribution in [0, 0.1) is 0 Å². The Morgan fingerprint density at radius 1 is 1.33 bits per heavy atom. The van der Waals surface area contributed by atoms with Crippen LogP contribution in [0.2, 0.25) is 0 Å². The largest absolute Gasteiger partial charge is 0.395 e. The lowest BCUT2D eigenvalue weighted by atomic mass is 9.95. The zero-order chi connectivity index (χ0) is 26.5. The summed E-state index contributed by atoms with van der Waals surface area (Å²) in [5.41, 5.74) is 4.46. The molecule has 0 aromatic rings. The first kappa shape index (κ1) is 29.9. The monoisotopic (exact) mass is 518 g/mol. The standard InChI is InChI=1S/C28H43ClN4O3/c1-5-25(32(4)26-12-14-33(15-13-26)16-17-34)18-24(29)10-11-28(36)30-19-23-8-6-7-9-27(21(23)2)22(3)31-20-35/h5,8,10-11,18,20,22,26,34H,6-7,9,12-17,19H2,1-4H3,(H,30,36)(H,31,35)/b11-10+,24-18+,25-5-. The van der Waals surface area contributed by atoms with Gasteiger partial charge in [0.2, 0.25) is 12.3 Å². The van der Waals surface area contributed by atoms with E-state index in [1.54, 1.807) is 6.08 Å². The summed E-state index contributed by atoms with van der Waals surface area (Å²) < 4.78 is 0. The zero-order valence-corrected chi connectivity index (χ0v) is 23.0. The molecule has 36 heavy (non-hydrogen) atoms. The van der Waals surface area contributed by atoms with Crippen molar-refractivity contribution in [1.29, 1.82) is 0 Å². The van der Waals surface area contributed by atoms with Gasteiger partial charge in [0.1, 0.15) is 0 Å². The van der Waals surface area contributed by atoms with Crippen molar-refractivity contribution in [2.45, 2.75) is 65.0 Å². The molecule has 3 N–H and O–H groups in total. The number of nitrogens with one attached hydrogen (secondary N) is 2. The molecule has 0 bridgehead atoms. The van der Waals surface area contributed by atoms with Crippen LogP contribution in [0.25, 0.3) is 0 Å². The number of carbonyl (C=O) groups excluding carboxylic acids is 2. The van der Waals surface area contributed by atoms with E-state index in [0.717, 1.165) is 75.0 Å². The molecule has 2 aliphatic rings. The number of likely N-dealkylation sites (N-methyl/N-ethyl adjacent to an activating group) is 1. The van der Waals surface area contributed by atoms with Gasteiger partial charge in [0.05, 0.1) is 6.61 Å². The second-order valence-corrected chi connectivity index (χ2v) is 9.92. The number of allylic oxidation sites excluding steroid dienone is 5. The zero-order valence-electron chi connectivity index (χ0n) is 22.2. The van der Waals surface area contributed by atoms with Gasteiger partial charge in [-0.3, -0.25) is 9.59 Å². The van der Waals surface area contributed by atoms with E-state index < -0.39 is 0 Å². The summed E-state index contributed by atoms with van der Waals surface area (Å²) in [6, 6.07) is 0.396. The maximum atomic E-state index is 12.5. The molecule has 200 valence electrons. The molecule has 0 aromatic heterocycles. The number of halogens is 1. The molecule has 1 atom stereocenters. The summed E-state index contributed by atoms with van der Waals surface area (Å²) in [4.78, 5) is 27.9. The number of β-amino-alcohol motifs (C(OH)–C–C–N with tert-alkyl or cyclic N) is 1. The van der Waals surface area contributed by atoms with Crippen molar-refractivity contribution < 1.29 is 14.7 Å². The van der Waals surface area contributed by atoms with E-state index in [-0.39, 0.29) is 18.6 Å². The molecule has 7 nitrogen and oxygen atoms in total. The summed E-state index contributed by atoms with van der Waals surface area (Å²) in [6.07, 6.45) is 14.9. The molecule has 0 spiro atoms. The van der Waals surface area contributed by atoms with Crippen LogP contribution in [0.4, 0.5) is 0 Å². The van der Waals surface area contributed by atoms with Crippen molar-refractivity contribution in [2.24, 2.45) is 0 Å². The third-order valence-corrected chi connectivity index (χ3v) is 7.44. The Balaban J connectivity index is 1.93. The van der Waals surface area contributed by atoms with Gasteiger partial charge in [-0.05, 0) is 81.7 Å². The predicted molar refractivity (Wildman–Crippen MR) is 147 cm³/mol. The molecule has 1 aliphatic carbocycles. The van der Waals surface area contributed by atoms with Crippen LogP contribution >= 0.6 is 11.6 Å². The van der Waals surface area contributed by atoms with E-state index in [1.165, 1.54) is 11.6 Å². The number of nitrogens with zero attached hydrogens (tertiary/aromatic N) is 2. The third kappa shape index (κ3) is 9.26. The van der Waals surface area contributed by atoms with Crippen LogP contribution in [-0.4, -0.2) is 79.1 Å². The second kappa shape index (κ2) is 15.7. The summed E-state index contributed by atoms with van der Waals surface area (Å²) in [5, 5.41) is 15.4. The Bertz CT molecular complexity index is 898. The lowest BCUT2D eigenvalue weighted by molar-refractivity contribution is -0.116. The Labute approximate surface area is 221 Å². The minimum Gasteiger partial charge on any atom is -0.395 e. The highest BCUT2D eigenvalue weighted by molar-refractivity contribution is 6.31. The number of carbonyl (C=O) groups is 2. The minimum absolute atomic E-state index is 0.0180. The van der Waals surface area contributed by atoms with Crippen molar-refractivity contribution >= 4 is 23.9 Å². The van der Waals surface area contributed by atoms with Gasteiger partial charge in [-0.25, -0.2) is 0 Å². The number of piperidine rings is 1. The lowest BCUT2D eigenvalue weighted by Gasteiger charge is -2.38. The van der Waals surface area contributed by atoms with Gasteiger partial charge in [0, 0.05) is 62.1 Å². The highest BCUT2D eigenvalue weighted by Gasteiger charge is 2.22. The van der Waals surface area contributed by atoms with Crippen LogP contribution in [-0.2, 0) is 9.59 Å². The first-order valence-electron chi connectivity index (χ1n) is 12.9. The van der Waals surface area contributed by atoms with E-state index in [4.69, 9.17) is 16.7 Å². The number of likely N-dealkylation sites (tertiary alicyclic amines) is 1. The summed E-state index contributed by atoms with van der Waals surface area (Å²) in [7, 11) is 2.08. The first-order chi connectivity index (χ1) is 17.3. The number of aliphatic hydroxyl groups excluding tert-OH is 1. The SMILES string of the molecule is C/C=C(/C=C(Cl)\C=C\C(=O)NCC1=CCCCC(C(C)NC=O)=C1C)N(C)C1CCN(CCO)CC1. The average molecular weight is 519 g/mol. The van der Waals surface area contributed by atoms with Gasteiger partial charge in [0.25, 0.3) is 0 Å². The number of hydrogen-bond donors (Lipinski definition) is 3. The Morgan fingerprint density at radius 3 is 2.69 bits per heavy atom. The van der Waals surface area contributed by atoms with Gasteiger partial charge < -0.3 is 25.5 Å². The molecule has 0 radical (unpaired) electrons. The van der Waals surface area contributed by atoms with E-state index in [9.17, 15) is 9.59 Å². The molecule has 1 heterocycles. The number of amides is 2. The molecular formula is C28H43ClN4O3. The predicted octanol–water partition coefficient (Wildman–Crippen LogP) is 3.64. The lowest BCUT2D eigenvalue weighted by Crippen LogP contribution is -2.43. The van der Waals surface area contributed by atoms with Crippen molar-refractivity contribution in [3.05, 3.63) is 57.8 Å². The maximum Gasteiger partial charge on any atom is 0.244 e. The molecule has 1 unspecified atom stereocenters. The molecule has 2 rings (SSSR count). The average Bonchev–Trinajstić information content (AvgIpc) is 3.06. The van der Waals surface area contributed by atoms with Crippen LogP contribution in [0.15, 0.2) is 57.8 Å².